The molecule has 1 aliphatic rings. The molecular weight excluding hydrogens is 138 g/mol. The molecule has 1 heterocycles. The van der Waals surface area contributed by atoms with Gasteiger partial charge in [0.1, 0.15) is 5.76 Å². The molecule has 0 bridgehead atoms. The van der Waals surface area contributed by atoms with Crippen LogP contribution in [0.2, 0.25) is 0 Å². The molecule has 1 aromatic rings. The minimum atomic E-state index is 0.610. The number of hydrogen-bond acceptors (Lipinski definition) is 2. The van der Waals surface area contributed by atoms with Crippen molar-refractivity contribution in [1.29, 1.82) is 0 Å². The fraction of sp³-hybridized carbons (Fsp3) is 0.667. The molecule has 0 atom stereocenters. The Morgan fingerprint density at radius 3 is 2.73 bits per heavy atom. The van der Waals surface area contributed by atoms with Gasteiger partial charge in [-0.05, 0) is 25.7 Å². The average molecular weight is 151 g/mol. The Morgan fingerprint density at radius 1 is 1.55 bits per heavy atom. The summed E-state index contributed by atoms with van der Waals surface area (Å²) >= 11 is 0. The van der Waals surface area contributed by atoms with E-state index in [0.29, 0.717) is 5.92 Å². The van der Waals surface area contributed by atoms with E-state index in [0.717, 1.165) is 17.6 Å². The van der Waals surface area contributed by atoms with Gasteiger partial charge in [-0.15, -0.1) is 0 Å². The van der Waals surface area contributed by atoms with E-state index >= 15 is 0 Å². The second-order valence-electron chi connectivity index (χ2n) is 3.58. The van der Waals surface area contributed by atoms with Gasteiger partial charge >= 0.3 is 0 Å². The normalized spacial score (nSPS) is 30.0. The molecule has 0 unspecified atom stereocenters. The van der Waals surface area contributed by atoms with Crippen LogP contribution in [0.4, 0.5) is 0 Å². The number of oxazole rings is 1. The maximum atomic E-state index is 5.42. The lowest BCUT2D eigenvalue weighted by Gasteiger charge is -2.29. The fourth-order valence-electron chi connectivity index (χ4n) is 1.66. The Labute approximate surface area is 66.6 Å². The van der Waals surface area contributed by atoms with Gasteiger partial charge in [-0.25, -0.2) is 4.98 Å². The van der Waals surface area contributed by atoms with Crippen molar-refractivity contribution >= 4 is 0 Å². The van der Waals surface area contributed by atoms with Crippen molar-refractivity contribution in [2.75, 3.05) is 0 Å². The topological polar surface area (TPSA) is 26.0 Å². The van der Waals surface area contributed by atoms with Crippen molar-refractivity contribution in [3.63, 3.8) is 0 Å². The standard InChI is InChI=1S/C9H13NO/c1-6-3-8(4-6)9-10-5-7(2)11-9/h5-6,8H,3-4H2,1-2H3. The summed E-state index contributed by atoms with van der Waals surface area (Å²) in [6, 6.07) is 0. The Kier molecular flexibility index (Phi) is 1.48. The molecule has 0 aromatic carbocycles. The van der Waals surface area contributed by atoms with Crippen molar-refractivity contribution in [1.82, 2.24) is 4.98 Å². The van der Waals surface area contributed by atoms with Crippen molar-refractivity contribution in [2.24, 2.45) is 5.92 Å². The molecule has 2 rings (SSSR count). The Hall–Kier alpha value is -0.790. The van der Waals surface area contributed by atoms with Crippen LogP contribution in [0.15, 0.2) is 10.6 Å². The molecule has 1 aromatic heterocycles. The van der Waals surface area contributed by atoms with Gasteiger partial charge in [0.15, 0.2) is 5.89 Å². The lowest BCUT2D eigenvalue weighted by molar-refractivity contribution is 0.243. The highest BCUT2D eigenvalue weighted by Gasteiger charge is 2.30. The first-order chi connectivity index (χ1) is 5.25. The first kappa shape index (κ1) is 6.89. The monoisotopic (exact) mass is 151 g/mol. The molecule has 2 nitrogen and oxygen atoms in total. The van der Waals surface area contributed by atoms with E-state index in [4.69, 9.17) is 4.42 Å². The Balaban J connectivity index is 2.07. The minimum Gasteiger partial charge on any atom is -0.446 e. The predicted octanol–water partition coefficient (Wildman–Crippen LogP) is 2.50. The molecule has 11 heavy (non-hydrogen) atoms. The zero-order chi connectivity index (χ0) is 7.84. The molecule has 1 saturated carbocycles. The lowest BCUT2D eigenvalue weighted by Crippen LogP contribution is -2.18. The van der Waals surface area contributed by atoms with Gasteiger partial charge in [-0.3, -0.25) is 0 Å². The van der Waals surface area contributed by atoms with Crippen molar-refractivity contribution in [3.8, 4) is 0 Å². The van der Waals surface area contributed by atoms with E-state index in [1.165, 1.54) is 12.8 Å². The van der Waals surface area contributed by atoms with Gasteiger partial charge in [0.25, 0.3) is 0 Å². The highest BCUT2D eigenvalue weighted by atomic mass is 16.4. The molecule has 0 saturated heterocycles. The maximum Gasteiger partial charge on any atom is 0.197 e. The zero-order valence-electron chi connectivity index (χ0n) is 7.00. The summed E-state index contributed by atoms with van der Waals surface area (Å²) in [6.45, 7) is 4.21. The van der Waals surface area contributed by atoms with E-state index in [-0.39, 0.29) is 0 Å². The average Bonchev–Trinajstić information content (AvgIpc) is 2.29. The van der Waals surface area contributed by atoms with Gasteiger partial charge in [0, 0.05) is 5.92 Å². The van der Waals surface area contributed by atoms with Gasteiger partial charge in [0.2, 0.25) is 0 Å². The second kappa shape index (κ2) is 2.36. The molecule has 0 N–H and O–H groups in total. The summed E-state index contributed by atoms with van der Waals surface area (Å²) in [6.07, 6.45) is 4.30. The summed E-state index contributed by atoms with van der Waals surface area (Å²) in [5, 5.41) is 0. The minimum absolute atomic E-state index is 0.610. The number of rotatable bonds is 1. The first-order valence-electron chi connectivity index (χ1n) is 4.18. The van der Waals surface area contributed by atoms with E-state index in [1.807, 2.05) is 6.92 Å². The third-order valence-corrected chi connectivity index (χ3v) is 2.36. The zero-order valence-corrected chi connectivity index (χ0v) is 7.00. The van der Waals surface area contributed by atoms with Crippen LogP contribution in [-0.2, 0) is 0 Å². The molecular formula is C9H13NO. The summed E-state index contributed by atoms with van der Waals surface area (Å²) in [5.41, 5.74) is 0. The Bertz CT molecular complexity index is 248. The van der Waals surface area contributed by atoms with Crippen LogP contribution < -0.4 is 0 Å². The van der Waals surface area contributed by atoms with Gasteiger partial charge in [-0.2, -0.15) is 0 Å². The van der Waals surface area contributed by atoms with Crippen LogP contribution >= 0.6 is 0 Å². The molecule has 1 fully saturated rings. The first-order valence-corrected chi connectivity index (χ1v) is 4.18. The van der Waals surface area contributed by atoms with Crippen LogP contribution in [-0.4, -0.2) is 4.98 Å². The second-order valence-corrected chi connectivity index (χ2v) is 3.58. The number of aryl methyl sites for hydroxylation is 1. The van der Waals surface area contributed by atoms with Gasteiger partial charge in [-0.1, -0.05) is 6.92 Å². The van der Waals surface area contributed by atoms with Crippen LogP contribution in [0.25, 0.3) is 0 Å². The highest BCUT2D eigenvalue weighted by Crippen LogP contribution is 2.40. The van der Waals surface area contributed by atoms with Gasteiger partial charge < -0.3 is 4.42 Å². The maximum absolute atomic E-state index is 5.42. The smallest absolute Gasteiger partial charge is 0.197 e. The van der Waals surface area contributed by atoms with E-state index in [2.05, 4.69) is 11.9 Å². The molecule has 0 amide bonds. The van der Waals surface area contributed by atoms with Crippen molar-refractivity contribution < 1.29 is 4.42 Å². The molecule has 0 spiro atoms. The SMILES string of the molecule is Cc1cnc(C2CC(C)C2)o1. The predicted molar refractivity (Wildman–Crippen MR) is 42.4 cm³/mol. The molecule has 60 valence electrons. The third-order valence-electron chi connectivity index (χ3n) is 2.36. The summed E-state index contributed by atoms with van der Waals surface area (Å²) in [7, 11) is 0. The molecule has 0 radical (unpaired) electrons. The molecule has 2 heteroatoms. The summed E-state index contributed by atoms with van der Waals surface area (Å²) in [5.74, 6) is 3.35. The van der Waals surface area contributed by atoms with Gasteiger partial charge in [0.05, 0.1) is 6.20 Å². The summed E-state index contributed by atoms with van der Waals surface area (Å²) < 4.78 is 5.42. The molecule has 1 aliphatic carbocycles. The van der Waals surface area contributed by atoms with Crippen LogP contribution in [0.1, 0.15) is 37.3 Å². The van der Waals surface area contributed by atoms with E-state index in [9.17, 15) is 0 Å². The number of aromatic nitrogens is 1. The van der Waals surface area contributed by atoms with E-state index in [1.54, 1.807) is 6.20 Å². The van der Waals surface area contributed by atoms with Crippen molar-refractivity contribution in [2.45, 2.75) is 32.6 Å². The third kappa shape index (κ3) is 1.17. The quantitative estimate of drug-likeness (QED) is 0.616. The number of hydrogen-bond donors (Lipinski definition) is 0. The largest absolute Gasteiger partial charge is 0.446 e. The Morgan fingerprint density at radius 2 is 2.27 bits per heavy atom. The van der Waals surface area contributed by atoms with Crippen molar-refractivity contribution in [3.05, 3.63) is 17.8 Å². The number of nitrogens with zero attached hydrogens (tertiary/aromatic N) is 1. The highest BCUT2D eigenvalue weighted by molar-refractivity contribution is 5.02. The van der Waals surface area contributed by atoms with Crippen LogP contribution in [0.3, 0.4) is 0 Å². The fourth-order valence-corrected chi connectivity index (χ4v) is 1.66. The summed E-state index contributed by atoms with van der Waals surface area (Å²) in [4.78, 5) is 4.21. The van der Waals surface area contributed by atoms with Crippen LogP contribution in [0, 0.1) is 12.8 Å². The van der Waals surface area contributed by atoms with E-state index < -0.39 is 0 Å². The lowest BCUT2D eigenvalue weighted by atomic mass is 9.76. The molecule has 0 aliphatic heterocycles. The van der Waals surface area contributed by atoms with Crippen LogP contribution in [0.5, 0.6) is 0 Å².